The molecule has 0 bridgehead atoms. The van der Waals surface area contributed by atoms with Gasteiger partial charge in [0.25, 0.3) is 0 Å². The average Bonchev–Trinajstić information content (AvgIpc) is 2.97. The molecule has 2 aromatic rings. The number of anilines is 1. The first-order chi connectivity index (χ1) is 11.1. The Bertz CT molecular complexity index is 659. The van der Waals surface area contributed by atoms with Crippen molar-refractivity contribution in [1.82, 2.24) is 14.8 Å². The number of hydrogen-bond donors (Lipinski definition) is 1. The molecule has 1 aromatic heterocycles. The number of unbranched alkanes of at least 4 members (excludes halogenated alkanes) is 2. The number of hydrogen-bond acceptors (Lipinski definition) is 4. The maximum atomic E-state index is 12.1. The molecule has 1 aromatic carbocycles. The molecule has 2 rings (SSSR count). The van der Waals surface area contributed by atoms with Gasteiger partial charge in [0, 0.05) is 16.7 Å². The van der Waals surface area contributed by atoms with Crippen molar-refractivity contribution in [2.45, 2.75) is 44.8 Å². The van der Waals surface area contributed by atoms with Gasteiger partial charge in [-0.3, -0.25) is 4.79 Å². The van der Waals surface area contributed by atoms with Crippen LogP contribution in [0.2, 0.25) is 0 Å². The van der Waals surface area contributed by atoms with E-state index in [0.29, 0.717) is 5.75 Å². The van der Waals surface area contributed by atoms with Crippen LogP contribution in [0.3, 0.4) is 0 Å². The Morgan fingerprint density at radius 3 is 2.96 bits per heavy atom. The number of carbonyl (C=O) groups excluding carboxylic acids is 1. The number of aryl methyl sites for hydroxylation is 2. The summed E-state index contributed by atoms with van der Waals surface area (Å²) in [6.07, 6.45) is 5.20. The fourth-order valence-corrected chi connectivity index (χ4v) is 3.08. The molecule has 0 spiro atoms. The van der Waals surface area contributed by atoms with Crippen LogP contribution in [0, 0.1) is 6.92 Å². The molecule has 124 valence electrons. The molecule has 0 aliphatic heterocycles. The maximum absolute atomic E-state index is 12.1. The Morgan fingerprint density at radius 2 is 2.22 bits per heavy atom. The van der Waals surface area contributed by atoms with Crippen LogP contribution in [0.15, 0.2) is 34.2 Å². The van der Waals surface area contributed by atoms with Crippen LogP contribution in [0.25, 0.3) is 0 Å². The first-order valence-corrected chi connectivity index (χ1v) is 9.44. The highest BCUT2D eigenvalue weighted by Gasteiger charge is 2.09. The summed E-state index contributed by atoms with van der Waals surface area (Å²) in [5.74, 6) is 0.279. The Labute approximate surface area is 149 Å². The molecule has 0 radical (unpaired) electrons. The third kappa shape index (κ3) is 5.66. The van der Waals surface area contributed by atoms with Crippen molar-refractivity contribution in [3.63, 3.8) is 0 Å². The van der Waals surface area contributed by atoms with E-state index >= 15 is 0 Å². The third-order valence-corrected chi connectivity index (χ3v) is 5.23. The molecule has 0 saturated heterocycles. The first-order valence-electron chi connectivity index (χ1n) is 7.66. The van der Waals surface area contributed by atoms with Crippen LogP contribution in [0.4, 0.5) is 5.69 Å². The van der Waals surface area contributed by atoms with Gasteiger partial charge < -0.3 is 9.88 Å². The molecule has 23 heavy (non-hydrogen) atoms. The number of carbonyl (C=O) groups is 1. The van der Waals surface area contributed by atoms with E-state index in [9.17, 15) is 4.79 Å². The number of rotatable bonds is 8. The van der Waals surface area contributed by atoms with Gasteiger partial charge in [0.1, 0.15) is 6.33 Å². The molecule has 0 saturated carbocycles. The number of halogens is 1. The molecule has 0 fully saturated rings. The molecular weight excluding hydrogens is 376 g/mol. The van der Waals surface area contributed by atoms with Crippen molar-refractivity contribution in [1.29, 1.82) is 0 Å². The van der Waals surface area contributed by atoms with Gasteiger partial charge in [0.2, 0.25) is 5.91 Å². The summed E-state index contributed by atoms with van der Waals surface area (Å²) in [4.78, 5) is 12.1. The molecule has 1 N–H and O–H groups in total. The molecule has 0 atom stereocenters. The highest BCUT2D eigenvalue weighted by Crippen LogP contribution is 2.21. The van der Waals surface area contributed by atoms with Crippen molar-refractivity contribution in [2.75, 3.05) is 11.1 Å². The second kappa shape index (κ2) is 9.08. The summed E-state index contributed by atoms with van der Waals surface area (Å²) in [6, 6.07) is 5.76. The van der Waals surface area contributed by atoms with Crippen LogP contribution in [-0.2, 0) is 11.3 Å². The van der Waals surface area contributed by atoms with Crippen molar-refractivity contribution < 1.29 is 4.79 Å². The summed E-state index contributed by atoms with van der Waals surface area (Å²) >= 11 is 4.87. The number of nitrogens with one attached hydrogen (secondary N) is 1. The lowest BCUT2D eigenvalue weighted by Crippen LogP contribution is -2.14. The third-order valence-electron chi connectivity index (χ3n) is 3.36. The summed E-state index contributed by atoms with van der Waals surface area (Å²) in [6.45, 7) is 5.07. The van der Waals surface area contributed by atoms with E-state index < -0.39 is 0 Å². The zero-order chi connectivity index (χ0) is 16.7. The van der Waals surface area contributed by atoms with E-state index in [-0.39, 0.29) is 5.91 Å². The minimum Gasteiger partial charge on any atom is -0.325 e. The van der Waals surface area contributed by atoms with Crippen LogP contribution in [0.1, 0.15) is 31.7 Å². The van der Waals surface area contributed by atoms with Crippen molar-refractivity contribution >= 4 is 39.3 Å². The molecule has 0 unspecified atom stereocenters. The quantitative estimate of drug-likeness (QED) is 0.534. The Kier molecular flexibility index (Phi) is 7.11. The normalized spacial score (nSPS) is 10.7. The van der Waals surface area contributed by atoms with Gasteiger partial charge in [-0.2, -0.15) is 0 Å². The zero-order valence-corrected chi connectivity index (χ0v) is 15.8. The fourth-order valence-electron chi connectivity index (χ4n) is 2.09. The first kappa shape index (κ1) is 18.0. The molecule has 7 heteroatoms. The maximum Gasteiger partial charge on any atom is 0.234 e. The standard InChI is InChI=1S/C16H21BrN4OS/c1-3-4-5-8-21-11-18-20-16(21)23-10-15(22)19-13-6-7-14(17)12(2)9-13/h6-7,9,11H,3-5,8,10H2,1-2H3,(H,19,22). The van der Waals surface area contributed by atoms with Crippen LogP contribution >= 0.6 is 27.7 Å². The van der Waals surface area contributed by atoms with Crippen LogP contribution in [-0.4, -0.2) is 26.4 Å². The van der Waals surface area contributed by atoms with Gasteiger partial charge in [-0.1, -0.05) is 47.5 Å². The smallest absolute Gasteiger partial charge is 0.234 e. The molecule has 0 aliphatic rings. The van der Waals surface area contributed by atoms with Crippen molar-refractivity contribution in [3.8, 4) is 0 Å². The second-order valence-corrected chi connectivity index (χ2v) is 7.11. The fraction of sp³-hybridized carbons (Fsp3) is 0.438. The second-order valence-electron chi connectivity index (χ2n) is 5.31. The van der Waals surface area contributed by atoms with Crippen molar-refractivity contribution in [3.05, 3.63) is 34.6 Å². The summed E-state index contributed by atoms with van der Waals surface area (Å²) in [5.41, 5.74) is 1.90. The lowest BCUT2D eigenvalue weighted by atomic mass is 10.2. The van der Waals surface area contributed by atoms with Crippen LogP contribution < -0.4 is 5.32 Å². The van der Waals surface area contributed by atoms with Gasteiger partial charge >= 0.3 is 0 Å². The van der Waals surface area contributed by atoms with E-state index in [2.05, 4.69) is 38.4 Å². The number of aromatic nitrogens is 3. The number of amides is 1. The largest absolute Gasteiger partial charge is 0.325 e. The zero-order valence-electron chi connectivity index (χ0n) is 13.4. The van der Waals surface area contributed by atoms with E-state index in [0.717, 1.165) is 33.8 Å². The van der Waals surface area contributed by atoms with E-state index in [1.807, 2.05) is 29.7 Å². The predicted octanol–water partition coefficient (Wildman–Crippen LogP) is 4.27. The minimum atomic E-state index is -0.0418. The van der Waals surface area contributed by atoms with Gasteiger partial charge in [0.15, 0.2) is 5.16 Å². The summed E-state index contributed by atoms with van der Waals surface area (Å²) in [7, 11) is 0. The molecule has 0 aliphatic carbocycles. The van der Waals surface area contributed by atoms with Gasteiger partial charge in [-0.25, -0.2) is 0 Å². The Balaban J connectivity index is 1.84. The summed E-state index contributed by atoms with van der Waals surface area (Å²) in [5, 5.41) is 11.7. The average molecular weight is 397 g/mol. The highest BCUT2D eigenvalue weighted by molar-refractivity contribution is 9.10. The lowest BCUT2D eigenvalue weighted by Gasteiger charge is -2.08. The Morgan fingerprint density at radius 1 is 1.39 bits per heavy atom. The monoisotopic (exact) mass is 396 g/mol. The van der Waals surface area contributed by atoms with E-state index in [1.54, 1.807) is 6.33 Å². The molecule has 5 nitrogen and oxygen atoms in total. The van der Waals surface area contributed by atoms with Crippen molar-refractivity contribution in [2.24, 2.45) is 0 Å². The minimum absolute atomic E-state index is 0.0418. The number of nitrogens with zero attached hydrogens (tertiary/aromatic N) is 3. The SMILES string of the molecule is CCCCCn1cnnc1SCC(=O)Nc1ccc(Br)c(C)c1. The topological polar surface area (TPSA) is 59.8 Å². The number of thioether (sulfide) groups is 1. The number of benzene rings is 1. The predicted molar refractivity (Wildman–Crippen MR) is 97.8 cm³/mol. The van der Waals surface area contributed by atoms with Gasteiger partial charge in [-0.05, 0) is 37.1 Å². The lowest BCUT2D eigenvalue weighted by molar-refractivity contribution is -0.113. The van der Waals surface area contributed by atoms with Crippen LogP contribution in [0.5, 0.6) is 0 Å². The van der Waals surface area contributed by atoms with Gasteiger partial charge in [-0.15, -0.1) is 10.2 Å². The van der Waals surface area contributed by atoms with E-state index in [4.69, 9.17) is 0 Å². The summed E-state index contributed by atoms with van der Waals surface area (Å²) < 4.78 is 3.04. The molecule has 1 amide bonds. The van der Waals surface area contributed by atoms with Gasteiger partial charge in [0.05, 0.1) is 5.75 Å². The highest BCUT2D eigenvalue weighted by atomic mass is 79.9. The molecular formula is C16H21BrN4OS. The Hall–Kier alpha value is -1.34. The molecule has 1 heterocycles. The van der Waals surface area contributed by atoms with E-state index in [1.165, 1.54) is 24.6 Å².